The van der Waals surface area contributed by atoms with Gasteiger partial charge in [-0.3, -0.25) is 14.3 Å². The van der Waals surface area contributed by atoms with Gasteiger partial charge in [0.2, 0.25) is 0 Å². The lowest BCUT2D eigenvalue weighted by Gasteiger charge is -2.28. The van der Waals surface area contributed by atoms with Crippen LogP contribution < -0.4 is 15.6 Å². The molecule has 2 aliphatic carbocycles. The molecule has 0 radical (unpaired) electrons. The first-order valence-corrected chi connectivity index (χ1v) is 14.8. The highest BCUT2D eigenvalue weighted by atomic mass is 19.1. The van der Waals surface area contributed by atoms with Gasteiger partial charge in [-0.1, -0.05) is 30.3 Å². The van der Waals surface area contributed by atoms with Gasteiger partial charge in [0, 0.05) is 36.9 Å². The molecule has 0 aliphatic heterocycles. The van der Waals surface area contributed by atoms with Crippen LogP contribution in [-0.4, -0.2) is 39.1 Å². The molecule has 2 heterocycles. The minimum atomic E-state index is -1.03. The number of aromatic nitrogens is 3. The first-order valence-electron chi connectivity index (χ1n) is 14.8. The number of hydrogen-bond donors (Lipinski definition) is 1. The minimum Gasteiger partial charge on any atom is -0.490 e. The third kappa shape index (κ3) is 6.26. The Hall–Kier alpha value is -3.98. The number of benzene rings is 2. The maximum atomic E-state index is 13.6. The molecular formula is C33H37FN4O4. The number of pyridine rings is 1. The van der Waals surface area contributed by atoms with Crippen LogP contribution >= 0.6 is 0 Å². The molecule has 2 fully saturated rings. The summed E-state index contributed by atoms with van der Waals surface area (Å²) >= 11 is 0. The molecule has 0 bridgehead atoms. The second-order valence-electron chi connectivity index (χ2n) is 11.8. The summed E-state index contributed by atoms with van der Waals surface area (Å²) in [6.45, 7) is 5.19. The molecule has 2 atom stereocenters. The smallest absolute Gasteiger partial charge is 0.274 e. The van der Waals surface area contributed by atoms with E-state index in [0.29, 0.717) is 30.3 Å². The number of nitrogens with one attached hydrogen (secondary N) is 1. The van der Waals surface area contributed by atoms with E-state index in [4.69, 9.17) is 14.6 Å². The molecule has 1 amide bonds. The average Bonchev–Trinajstić information content (AvgIpc) is 3.56. The topological polar surface area (TPSA) is 87.4 Å². The fraction of sp³-hybridized carbons (Fsp3) is 0.424. The second-order valence-corrected chi connectivity index (χ2v) is 11.8. The molecule has 2 aliphatic rings. The van der Waals surface area contributed by atoms with Crippen LogP contribution in [0, 0.1) is 5.92 Å². The standard InChI is InChI=1S/C33H37FN4O4/c1-21(2)42-31-17-29-24(15-26(31)32(39)35-28-9-6-14-37(33(28)40)30-16-27(30)34)18-38(36-29)25-12-10-23(11-13-25)20-41-19-22-7-4-3-5-8-22/h3-9,14-15,17-18,21,23,25,27,30H,10-13,16,19-20H2,1-2H3,(H,35,39)/t23-,25-,27-,30?/m1/s1. The number of anilines is 1. The van der Waals surface area contributed by atoms with Crippen LogP contribution in [0.5, 0.6) is 5.75 Å². The summed E-state index contributed by atoms with van der Waals surface area (Å²) in [7, 11) is 0. The predicted molar refractivity (Wildman–Crippen MR) is 160 cm³/mol. The molecule has 2 aromatic carbocycles. The number of hydrogen-bond acceptors (Lipinski definition) is 5. The first-order chi connectivity index (χ1) is 20.4. The number of nitrogens with zero attached hydrogens (tertiary/aromatic N) is 3. The molecule has 220 valence electrons. The molecular weight excluding hydrogens is 535 g/mol. The van der Waals surface area contributed by atoms with Gasteiger partial charge in [-0.15, -0.1) is 0 Å². The Morgan fingerprint density at radius 1 is 1.10 bits per heavy atom. The van der Waals surface area contributed by atoms with Gasteiger partial charge in [-0.05, 0) is 69.2 Å². The number of halogens is 1. The molecule has 42 heavy (non-hydrogen) atoms. The van der Waals surface area contributed by atoms with E-state index in [1.54, 1.807) is 24.4 Å². The van der Waals surface area contributed by atoms with Crippen molar-refractivity contribution in [2.75, 3.05) is 11.9 Å². The fourth-order valence-electron chi connectivity index (χ4n) is 5.78. The van der Waals surface area contributed by atoms with Gasteiger partial charge in [-0.25, -0.2) is 4.39 Å². The van der Waals surface area contributed by atoms with Crippen molar-refractivity contribution in [3.8, 4) is 5.75 Å². The van der Waals surface area contributed by atoms with Gasteiger partial charge in [0.25, 0.3) is 11.5 Å². The Balaban J connectivity index is 1.15. The van der Waals surface area contributed by atoms with Crippen molar-refractivity contribution in [1.29, 1.82) is 0 Å². The molecule has 1 unspecified atom stereocenters. The third-order valence-electron chi connectivity index (χ3n) is 8.15. The largest absolute Gasteiger partial charge is 0.490 e. The van der Waals surface area contributed by atoms with E-state index in [-0.39, 0.29) is 17.8 Å². The lowest BCUT2D eigenvalue weighted by molar-refractivity contribution is 0.0671. The number of carbonyl (C=O) groups is 1. The van der Waals surface area contributed by atoms with Crippen molar-refractivity contribution in [3.63, 3.8) is 0 Å². The minimum absolute atomic E-state index is 0.109. The zero-order chi connectivity index (χ0) is 29.2. The molecule has 0 saturated heterocycles. The number of ether oxygens (including phenoxy) is 2. The summed E-state index contributed by atoms with van der Waals surface area (Å²) < 4.78 is 29.0. The highest BCUT2D eigenvalue weighted by molar-refractivity contribution is 6.08. The second kappa shape index (κ2) is 12.1. The molecule has 4 aromatic rings. The molecule has 6 rings (SSSR count). The predicted octanol–water partition coefficient (Wildman–Crippen LogP) is 6.47. The van der Waals surface area contributed by atoms with Crippen LogP contribution in [0.3, 0.4) is 0 Å². The maximum Gasteiger partial charge on any atom is 0.274 e. The summed E-state index contributed by atoms with van der Waals surface area (Å²) in [5, 5.41) is 8.42. The Bertz CT molecular complexity index is 1610. The first kappa shape index (κ1) is 28.2. The molecule has 2 saturated carbocycles. The Labute approximate surface area is 244 Å². The zero-order valence-electron chi connectivity index (χ0n) is 24.0. The van der Waals surface area contributed by atoms with Crippen molar-refractivity contribution in [3.05, 3.63) is 88.5 Å². The molecule has 1 N–H and O–H groups in total. The van der Waals surface area contributed by atoms with Crippen molar-refractivity contribution in [2.24, 2.45) is 5.92 Å². The summed E-state index contributed by atoms with van der Waals surface area (Å²) in [5.41, 5.74) is 1.95. The molecule has 0 spiro atoms. The van der Waals surface area contributed by atoms with Gasteiger partial charge in [0.05, 0.1) is 35.9 Å². The van der Waals surface area contributed by atoms with E-state index >= 15 is 0 Å². The van der Waals surface area contributed by atoms with Crippen molar-refractivity contribution < 1.29 is 18.7 Å². The van der Waals surface area contributed by atoms with Crippen LogP contribution in [0.15, 0.2) is 71.8 Å². The van der Waals surface area contributed by atoms with Gasteiger partial charge in [0.1, 0.15) is 17.6 Å². The lowest BCUT2D eigenvalue weighted by Crippen LogP contribution is -2.26. The maximum absolute atomic E-state index is 13.6. The molecule has 8 nitrogen and oxygen atoms in total. The van der Waals surface area contributed by atoms with E-state index in [2.05, 4.69) is 17.4 Å². The van der Waals surface area contributed by atoms with Crippen molar-refractivity contribution in [1.82, 2.24) is 14.3 Å². The number of alkyl halides is 1. The normalized spacial score (nSPS) is 21.9. The van der Waals surface area contributed by atoms with Crippen molar-refractivity contribution >= 4 is 22.5 Å². The van der Waals surface area contributed by atoms with Gasteiger partial charge in [-0.2, -0.15) is 5.10 Å². The molecule has 9 heteroatoms. The van der Waals surface area contributed by atoms with E-state index in [0.717, 1.165) is 43.2 Å². The highest BCUT2D eigenvalue weighted by Crippen LogP contribution is 2.38. The van der Waals surface area contributed by atoms with Crippen LogP contribution in [0.4, 0.5) is 10.1 Å². The van der Waals surface area contributed by atoms with Crippen LogP contribution in [0.25, 0.3) is 10.9 Å². The monoisotopic (exact) mass is 572 g/mol. The van der Waals surface area contributed by atoms with Crippen LogP contribution in [0.1, 0.15) is 74.0 Å². The SMILES string of the molecule is CC(C)Oc1cc2nn([C@H]3CC[C@H](COCc4ccccc4)CC3)cc2cc1C(=O)Nc1cccn(C2C[C@H]2F)c1=O. The van der Waals surface area contributed by atoms with E-state index in [1.807, 2.05) is 42.9 Å². The van der Waals surface area contributed by atoms with Gasteiger partial charge < -0.3 is 19.4 Å². The number of rotatable bonds is 10. The average molecular weight is 573 g/mol. The zero-order valence-corrected chi connectivity index (χ0v) is 24.0. The Kier molecular flexibility index (Phi) is 8.11. The van der Waals surface area contributed by atoms with E-state index < -0.39 is 23.7 Å². The molecule has 2 aromatic heterocycles. The van der Waals surface area contributed by atoms with Crippen molar-refractivity contribution in [2.45, 2.75) is 76.9 Å². The lowest BCUT2D eigenvalue weighted by atomic mass is 9.86. The van der Waals surface area contributed by atoms with Crippen LogP contribution in [0.2, 0.25) is 0 Å². The highest BCUT2D eigenvalue weighted by Gasteiger charge is 2.40. The summed E-state index contributed by atoms with van der Waals surface area (Å²) in [6, 6.07) is 16.8. The summed E-state index contributed by atoms with van der Waals surface area (Å²) in [4.78, 5) is 26.3. The number of amides is 1. The van der Waals surface area contributed by atoms with Crippen LogP contribution in [-0.2, 0) is 11.3 Å². The van der Waals surface area contributed by atoms with E-state index in [9.17, 15) is 14.0 Å². The number of fused-ring (bicyclic) bond motifs is 1. The summed E-state index contributed by atoms with van der Waals surface area (Å²) in [6.07, 6.45) is 6.84. The van der Waals surface area contributed by atoms with Gasteiger partial charge >= 0.3 is 0 Å². The number of carbonyl (C=O) groups excluding carboxylic acids is 1. The summed E-state index contributed by atoms with van der Waals surface area (Å²) in [5.74, 6) is 0.482. The fourth-order valence-corrected chi connectivity index (χ4v) is 5.78. The third-order valence-corrected chi connectivity index (χ3v) is 8.15. The quantitative estimate of drug-likeness (QED) is 0.235. The Morgan fingerprint density at radius 2 is 1.86 bits per heavy atom. The van der Waals surface area contributed by atoms with E-state index in [1.165, 1.54) is 16.2 Å². The Morgan fingerprint density at radius 3 is 2.57 bits per heavy atom. The van der Waals surface area contributed by atoms with Gasteiger partial charge in [0.15, 0.2) is 0 Å².